The van der Waals surface area contributed by atoms with Crippen molar-refractivity contribution >= 4 is 17.5 Å². The van der Waals surface area contributed by atoms with E-state index in [1.807, 2.05) is 6.08 Å². The van der Waals surface area contributed by atoms with Crippen LogP contribution in [0.2, 0.25) is 0 Å². The maximum Gasteiger partial charge on any atom is 0.344 e. The highest BCUT2D eigenvalue weighted by Crippen LogP contribution is 2.29. The number of hydroxylamine groups is 2. The minimum Gasteiger partial charge on any atom is -0.444 e. The Hall–Kier alpha value is -2.61. The molecule has 3 heterocycles. The average Bonchev–Trinajstić information content (AvgIpc) is 3.03. The fourth-order valence-corrected chi connectivity index (χ4v) is 2.36. The number of amides is 3. The number of hydrogen-bond acceptors (Lipinski definition) is 5. The van der Waals surface area contributed by atoms with Crippen molar-refractivity contribution in [3.8, 4) is 0 Å². The first kappa shape index (κ1) is 13.4. The van der Waals surface area contributed by atoms with E-state index >= 15 is 0 Å². The monoisotopic (exact) mass is 290 g/mol. The standard InChI is InChI=1S/C13H14N4O4/c1-2-3-21-17-9-4-8(5-16(6-9)13(17)19)12-15-10(7-20-12)11(14)18/h2,4,7,9H,1,3,5-6H2,(H2,14,18). The Bertz CT molecular complexity index is 636. The van der Waals surface area contributed by atoms with Gasteiger partial charge < -0.3 is 15.1 Å². The van der Waals surface area contributed by atoms with Crippen LogP contribution in [-0.4, -0.2) is 52.6 Å². The summed E-state index contributed by atoms with van der Waals surface area (Å²) in [5.74, 6) is -0.367. The lowest BCUT2D eigenvalue weighted by molar-refractivity contribution is -0.107. The van der Waals surface area contributed by atoms with E-state index in [9.17, 15) is 9.59 Å². The van der Waals surface area contributed by atoms with Gasteiger partial charge in [-0.15, -0.1) is 6.58 Å². The molecule has 110 valence electrons. The fraction of sp³-hybridized carbons (Fsp3) is 0.308. The van der Waals surface area contributed by atoms with Gasteiger partial charge in [-0.1, -0.05) is 6.08 Å². The van der Waals surface area contributed by atoms with Gasteiger partial charge >= 0.3 is 6.03 Å². The van der Waals surface area contributed by atoms with Crippen molar-refractivity contribution in [1.82, 2.24) is 14.9 Å². The molecular weight excluding hydrogens is 276 g/mol. The number of urea groups is 1. The maximum atomic E-state index is 12.1. The molecule has 1 aromatic heterocycles. The molecule has 0 aliphatic carbocycles. The highest BCUT2D eigenvalue weighted by molar-refractivity contribution is 5.91. The molecule has 8 heteroatoms. The number of primary amides is 1. The van der Waals surface area contributed by atoms with Crippen molar-refractivity contribution in [2.24, 2.45) is 5.73 Å². The van der Waals surface area contributed by atoms with Crippen LogP contribution in [0.15, 0.2) is 29.4 Å². The number of hydrogen-bond donors (Lipinski definition) is 1. The van der Waals surface area contributed by atoms with Gasteiger partial charge in [-0.2, -0.15) is 5.06 Å². The summed E-state index contributed by atoms with van der Waals surface area (Å²) < 4.78 is 5.25. The molecule has 3 rings (SSSR count). The number of aromatic nitrogens is 1. The molecule has 2 bridgehead atoms. The smallest absolute Gasteiger partial charge is 0.344 e. The molecule has 1 unspecified atom stereocenters. The Kier molecular flexibility index (Phi) is 3.22. The molecule has 0 spiro atoms. The van der Waals surface area contributed by atoms with Crippen LogP contribution in [0.3, 0.4) is 0 Å². The summed E-state index contributed by atoms with van der Waals surface area (Å²) in [4.78, 5) is 34.2. The van der Waals surface area contributed by atoms with Crippen LogP contribution >= 0.6 is 0 Å². The van der Waals surface area contributed by atoms with Gasteiger partial charge in [0.05, 0.1) is 19.2 Å². The summed E-state index contributed by atoms with van der Waals surface area (Å²) >= 11 is 0. The second-order valence-corrected chi connectivity index (χ2v) is 4.73. The van der Waals surface area contributed by atoms with Crippen LogP contribution < -0.4 is 5.73 Å². The molecular formula is C13H14N4O4. The quantitative estimate of drug-likeness (QED) is 0.790. The molecule has 1 aromatic rings. The number of oxazole rings is 1. The highest BCUT2D eigenvalue weighted by atomic mass is 16.7. The second-order valence-electron chi connectivity index (χ2n) is 4.73. The summed E-state index contributed by atoms with van der Waals surface area (Å²) in [6, 6.07) is -0.431. The first-order chi connectivity index (χ1) is 10.1. The van der Waals surface area contributed by atoms with E-state index in [0.717, 1.165) is 5.57 Å². The minimum absolute atomic E-state index is 0.0601. The van der Waals surface area contributed by atoms with Gasteiger partial charge in [-0.05, 0) is 6.08 Å². The Morgan fingerprint density at radius 3 is 3.14 bits per heavy atom. The first-order valence-electron chi connectivity index (χ1n) is 6.38. The Morgan fingerprint density at radius 1 is 1.67 bits per heavy atom. The van der Waals surface area contributed by atoms with E-state index < -0.39 is 5.91 Å². The number of carbonyl (C=O) groups is 2. The van der Waals surface area contributed by atoms with Crippen LogP contribution in [0.5, 0.6) is 0 Å². The van der Waals surface area contributed by atoms with E-state index in [0.29, 0.717) is 13.1 Å². The molecule has 0 aromatic carbocycles. The van der Waals surface area contributed by atoms with Crippen LogP contribution in [0.1, 0.15) is 16.4 Å². The lowest BCUT2D eigenvalue weighted by atomic mass is 10.1. The van der Waals surface area contributed by atoms with Crippen molar-refractivity contribution in [2.75, 3.05) is 19.7 Å². The number of nitrogens with zero attached hydrogens (tertiary/aromatic N) is 3. The first-order valence-corrected chi connectivity index (χ1v) is 6.38. The Labute approximate surface area is 120 Å². The van der Waals surface area contributed by atoms with Crippen LogP contribution in [0.25, 0.3) is 5.57 Å². The summed E-state index contributed by atoms with van der Waals surface area (Å²) in [5, 5.41) is 1.31. The van der Waals surface area contributed by atoms with E-state index in [4.69, 9.17) is 15.0 Å². The summed E-state index contributed by atoms with van der Waals surface area (Å²) in [5.41, 5.74) is 5.92. The zero-order chi connectivity index (χ0) is 15.0. The molecule has 8 nitrogen and oxygen atoms in total. The zero-order valence-corrected chi connectivity index (χ0v) is 11.2. The minimum atomic E-state index is -0.656. The molecule has 0 radical (unpaired) electrons. The number of nitrogens with two attached hydrogens (primary N) is 1. The third-order valence-corrected chi connectivity index (χ3v) is 3.29. The van der Waals surface area contributed by atoms with Gasteiger partial charge in [0.1, 0.15) is 6.26 Å². The van der Waals surface area contributed by atoms with Gasteiger partial charge in [-0.3, -0.25) is 9.63 Å². The van der Waals surface area contributed by atoms with Crippen molar-refractivity contribution in [3.05, 3.63) is 36.6 Å². The fourth-order valence-electron chi connectivity index (χ4n) is 2.36. The third kappa shape index (κ3) is 2.29. The maximum absolute atomic E-state index is 12.1. The third-order valence-electron chi connectivity index (χ3n) is 3.29. The molecule has 1 atom stereocenters. The van der Waals surface area contributed by atoms with Crippen molar-refractivity contribution in [1.29, 1.82) is 0 Å². The van der Waals surface area contributed by atoms with E-state index in [-0.39, 0.29) is 30.3 Å². The number of carbonyl (C=O) groups excluding carboxylic acids is 2. The predicted molar refractivity (Wildman–Crippen MR) is 71.7 cm³/mol. The zero-order valence-electron chi connectivity index (χ0n) is 11.2. The molecule has 0 saturated carbocycles. The molecule has 2 aliphatic rings. The molecule has 2 N–H and O–H groups in total. The van der Waals surface area contributed by atoms with Gasteiger partial charge in [0.2, 0.25) is 5.89 Å². The average molecular weight is 290 g/mol. The van der Waals surface area contributed by atoms with E-state index in [1.165, 1.54) is 11.3 Å². The van der Waals surface area contributed by atoms with E-state index in [1.54, 1.807) is 11.0 Å². The lowest BCUT2D eigenvalue weighted by Crippen LogP contribution is -2.33. The molecule has 2 aliphatic heterocycles. The molecule has 3 amide bonds. The molecule has 1 saturated heterocycles. The Morgan fingerprint density at radius 2 is 2.48 bits per heavy atom. The van der Waals surface area contributed by atoms with Gasteiger partial charge in [0.25, 0.3) is 5.91 Å². The largest absolute Gasteiger partial charge is 0.444 e. The summed E-state index contributed by atoms with van der Waals surface area (Å²) in [6.45, 7) is 4.70. The van der Waals surface area contributed by atoms with Crippen molar-refractivity contribution in [3.63, 3.8) is 0 Å². The number of fused-ring (bicyclic) bond motifs is 2. The normalized spacial score (nSPS) is 20.7. The summed E-state index contributed by atoms with van der Waals surface area (Å²) in [6.07, 6.45) is 4.63. The van der Waals surface area contributed by atoms with Crippen LogP contribution in [-0.2, 0) is 4.84 Å². The van der Waals surface area contributed by atoms with Gasteiger partial charge in [0, 0.05) is 12.1 Å². The molecule has 21 heavy (non-hydrogen) atoms. The predicted octanol–water partition coefficient (Wildman–Crippen LogP) is 0.394. The highest BCUT2D eigenvalue weighted by Gasteiger charge is 2.41. The number of rotatable bonds is 5. The SMILES string of the molecule is C=CCON1C(=O)N2CC(c3nc(C(N)=O)co3)=CC1C2. The topological polar surface area (TPSA) is 102 Å². The van der Waals surface area contributed by atoms with Gasteiger partial charge in [0.15, 0.2) is 5.69 Å². The van der Waals surface area contributed by atoms with Crippen LogP contribution in [0, 0.1) is 0 Å². The van der Waals surface area contributed by atoms with Crippen LogP contribution in [0.4, 0.5) is 4.79 Å². The van der Waals surface area contributed by atoms with Crippen molar-refractivity contribution < 1.29 is 18.8 Å². The molecule has 1 fully saturated rings. The lowest BCUT2D eigenvalue weighted by Gasteiger charge is -2.19. The van der Waals surface area contributed by atoms with Gasteiger partial charge in [-0.25, -0.2) is 9.78 Å². The second kappa shape index (κ2) is 5.06. The van der Waals surface area contributed by atoms with Crippen molar-refractivity contribution in [2.45, 2.75) is 6.04 Å². The van der Waals surface area contributed by atoms with E-state index in [2.05, 4.69) is 11.6 Å². The Balaban J connectivity index is 1.84. The summed E-state index contributed by atoms with van der Waals surface area (Å²) in [7, 11) is 0.